The molecular formula is C16H17BrN2O3S. The van der Waals surface area contributed by atoms with Gasteiger partial charge in [0.1, 0.15) is 10.5 Å². The number of halogens is 1. The van der Waals surface area contributed by atoms with E-state index in [9.17, 15) is 14.7 Å². The minimum Gasteiger partial charge on any atom is -0.480 e. The molecule has 0 saturated carbocycles. The number of hydrogen-bond acceptors (Lipinski definition) is 4. The first kappa shape index (κ1) is 17.6. The van der Waals surface area contributed by atoms with Crippen molar-refractivity contribution in [3.8, 4) is 10.6 Å². The van der Waals surface area contributed by atoms with E-state index in [1.54, 1.807) is 6.92 Å². The second-order valence-corrected chi connectivity index (χ2v) is 7.14. The smallest absolute Gasteiger partial charge is 0.329 e. The summed E-state index contributed by atoms with van der Waals surface area (Å²) in [7, 11) is 0. The van der Waals surface area contributed by atoms with Crippen LogP contribution >= 0.6 is 27.3 Å². The Bertz CT molecular complexity index is 732. The fourth-order valence-electron chi connectivity index (χ4n) is 1.95. The van der Waals surface area contributed by atoms with E-state index in [1.807, 2.05) is 29.6 Å². The molecular weight excluding hydrogens is 380 g/mol. The minimum absolute atomic E-state index is 0.0629. The van der Waals surface area contributed by atoms with Crippen LogP contribution in [0.2, 0.25) is 0 Å². The monoisotopic (exact) mass is 396 g/mol. The lowest BCUT2D eigenvalue weighted by Gasteiger charge is -2.24. The molecule has 5 nitrogen and oxygen atoms in total. The van der Waals surface area contributed by atoms with Crippen LogP contribution in [0.3, 0.4) is 0 Å². The fourth-order valence-corrected chi connectivity index (χ4v) is 3.17. The Morgan fingerprint density at radius 2 is 2.17 bits per heavy atom. The van der Waals surface area contributed by atoms with Gasteiger partial charge in [0, 0.05) is 15.4 Å². The van der Waals surface area contributed by atoms with E-state index in [0.717, 1.165) is 15.0 Å². The SMILES string of the molecule is CCC(C)(NC(=O)Cc1csc(-c2cccc(Br)c2)n1)C(=O)O. The number of rotatable bonds is 6. The lowest BCUT2D eigenvalue weighted by molar-refractivity contribution is -0.146. The van der Waals surface area contributed by atoms with Gasteiger partial charge in [-0.3, -0.25) is 4.79 Å². The van der Waals surface area contributed by atoms with E-state index in [1.165, 1.54) is 18.3 Å². The Morgan fingerprint density at radius 1 is 1.43 bits per heavy atom. The van der Waals surface area contributed by atoms with E-state index in [4.69, 9.17) is 0 Å². The average Bonchev–Trinajstić information content (AvgIpc) is 2.95. The summed E-state index contributed by atoms with van der Waals surface area (Å²) in [5.74, 6) is -1.38. The van der Waals surface area contributed by atoms with Crippen molar-refractivity contribution in [1.29, 1.82) is 0 Å². The number of hydrogen-bond donors (Lipinski definition) is 2. The zero-order valence-electron chi connectivity index (χ0n) is 12.8. The first-order valence-electron chi connectivity index (χ1n) is 7.09. The van der Waals surface area contributed by atoms with Gasteiger partial charge in [-0.2, -0.15) is 0 Å². The second-order valence-electron chi connectivity index (χ2n) is 5.37. The molecule has 122 valence electrons. The van der Waals surface area contributed by atoms with Gasteiger partial charge in [-0.05, 0) is 25.5 Å². The molecule has 0 aliphatic rings. The molecule has 0 aliphatic carbocycles. The van der Waals surface area contributed by atoms with Gasteiger partial charge in [-0.15, -0.1) is 11.3 Å². The maximum atomic E-state index is 12.1. The third kappa shape index (κ3) is 4.39. The summed E-state index contributed by atoms with van der Waals surface area (Å²) in [6.45, 7) is 3.23. The zero-order chi connectivity index (χ0) is 17.0. The Morgan fingerprint density at radius 3 is 2.78 bits per heavy atom. The lowest BCUT2D eigenvalue weighted by atomic mass is 9.99. The molecule has 2 rings (SSSR count). The summed E-state index contributed by atoms with van der Waals surface area (Å²) in [4.78, 5) is 27.8. The Hall–Kier alpha value is -1.73. The Kier molecular flexibility index (Phi) is 5.54. The first-order chi connectivity index (χ1) is 10.8. The molecule has 23 heavy (non-hydrogen) atoms. The number of amides is 1. The first-order valence-corrected chi connectivity index (χ1v) is 8.76. The van der Waals surface area contributed by atoms with E-state index in [0.29, 0.717) is 12.1 Å². The third-order valence-electron chi connectivity index (χ3n) is 3.56. The average molecular weight is 397 g/mol. The van der Waals surface area contributed by atoms with Crippen LogP contribution in [-0.2, 0) is 16.0 Å². The number of aromatic nitrogens is 1. The molecule has 0 radical (unpaired) electrons. The predicted octanol–water partition coefficient (Wildman–Crippen LogP) is 3.48. The van der Waals surface area contributed by atoms with E-state index in [2.05, 4.69) is 26.2 Å². The van der Waals surface area contributed by atoms with Crippen molar-refractivity contribution < 1.29 is 14.7 Å². The maximum absolute atomic E-state index is 12.1. The minimum atomic E-state index is -1.25. The molecule has 1 aromatic heterocycles. The summed E-state index contributed by atoms with van der Waals surface area (Å²) in [6, 6.07) is 7.77. The molecule has 0 saturated heterocycles. The van der Waals surface area contributed by atoms with Crippen LogP contribution in [0.5, 0.6) is 0 Å². The number of carbonyl (C=O) groups is 2. The van der Waals surface area contributed by atoms with Crippen molar-refractivity contribution in [2.75, 3.05) is 0 Å². The molecule has 0 spiro atoms. The quantitative estimate of drug-likeness (QED) is 0.782. The molecule has 0 fully saturated rings. The van der Waals surface area contributed by atoms with Gasteiger partial charge >= 0.3 is 5.97 Å². The number of aliphatic carboxylic acids is 1. The normalized spacial score (nSPS) is 13.3. The summed E-state index contributed by atoms with van der Waals surface area (Å²) in [5, 5.41) is 14.4. The molecule has 0 bridgehead atoms. The number of carboxylic acid groups (broad SMARTS) is 1. The van der Waals surface area contributed by atoms with Crippen LogP contribution < -0.4 is 5.32 Å². The lowest BCUT2D eigenvalue weighted by Crippen LogP contribution is -2.52. The Labute approximate surface area is 146 Å². The van der Waals surface area contributed by atoms with E-state index < -0.39 is 11.5 Å². The molecule has 2 N–H and O–H groups in total. The third-order valence-corrected chi connectivity index (χ3v) is 4.99. The largest absolute Gasteiger partial charge is 0.480 e. The van der Waals surface area contributed by atoms with Crippen molar-refractivity contribution in [2.45, 2.75) is 32.2 Å². The Balaban J connectivity index is 2.07. The van der Waals surface area contributed by atoms with Gasteiger partial charge < -0.3 is 10.4 Å². The standard InChI is InChI=1S/C16H17BrN2O3S/c1-3-16(2,15(21)22)19-13(20)8-12-9-23-14(18-12)10-5-4-6-11(17)7-10/h4-7,9H,3,8H2,1-2H3,(H,19,20)(H,21,22). The molecule has 1 atom stereocenters. The van der Waals surface area contributed by atoms with Crippen molar-refractivity contribution >= 4 is 39.1 Å². The van der Waals surface area contributed by atoms with Gasteiger partial charge in [0.15, 0.2) is 0 Å². The number of thiazole rings is 1. The number of carboxylic acids is 1. The summed E-state index contributed by atoms with van der Waals surface area (Å²) in [5.41, 5.74) is 0.353. The molecule has 1 amide bonds. The van der Waals surface area contributed by atoms with Crippen LogP contribution in [0.1, 0.15) is 26.0 Å². The summed E-state index contributed by atoms with van der Waals surface area (Å²) in [6.07, 6.45) is 0.377. The fraction of sp³-hybridized carbons (Fsp3) is 0.312. The van der Waals surface area contributed by atoms with Gasteiger partial charge in [-0.25, -0.2) is 9.78 Å². The van der Waals surface area contributed by atoms with Crippen LogP contribution in [-0.4, -0.2) is 27.5 Å². The zero-order valence-corrected chi connectivity index (χ0v) is 15.2. The highest BCUT2D eigenvalue weighted by Gasteiger charge is 2.32. The molecule has 0 aliphatic heterocycles. The highest BCUT2D eigenvalue weighted by molar-refractivity contribution is 9.10. The molecule has 1 unspecified atom stereocenters. The van der Waals surface area contributed by atoms with Crippen LogP contribution in [0.4, 0.5) is 0 Å². The summed E-state index contributed by atoms with van der Waals surface area (Å²) < 4.78 is 0.963. The summed E-state index contributed by atoms with van der Waals surface area (Å²) >= 11 is 4.87. The van der Waals surface area contributed by atoms with Crippen LogP contribution in [0.25, 0.3) is 10.6 Å². The molecule has 7 heteroatoms. The number of benzene rings is 1. The van der Waals surface area contributed by atoms with Gasteiger partial charge in [-0.1, -0.05) is 35.0 Å². The highest BCUT2D eigenvalue weighted by Crippen LogP contribution is 2.26. The molecule has 1 aromatic carbocycles. The topological polar surface area (TPSA) is 79.3 Å². The second kappa shape index (κ2) is 7.23. The molecule has 2 aromatic rings. The van der Waals surface area contributed by atoms with Crippen LogP contribution in [0, 0.1) is 0 Å². The van der Waals surface area contributed by atoms with Crippen molar-refractivity contribution in [3.63, 3.8) is 0 Å². The van der Waals surface area contributed by atoms with E-state index >= 15 is 0 Å². The van der Waals surface area contributed by atoms with Crippen molar-refractivity contribution in [3.05, 3.63) is 39.8 Å². The number of nitrogens with one attached hydrogen (secondary N) is 1. The van der Waals surface area contributed by atoms with Crippen molar-refractivity contribution in [1.82, 2.24) is 10.3 Å². The highest BCUT2D eigenvalue weighted by atomic mass is 79.9. The van der Waals surface area contributed by atoms with Gasteiger partial charge in [0.05, 0.1) is 12.1 Å². The number of nitrogens with zero attached hydrogens (tertiary/aromatic N) is 1. The molecule has 1 heterocycles. The maximum Gasteiger partial charge on any atom is 0.329 e. The number of carbonyl (C=O) groups excluding carboxylic acids is 1. The van der Waals surface area contributed by atoms with Crippen molar-refractivity contribution in [2.24, 2.45) is 0 Å². The van der Waals surface area contributed by atoms with Gasteiger partial charge in [0.25, 0.3) is 0 Å². The van der Waals surface area contributed by atoms with Crippen LogP contribution in [0.15, 0.2) is 34.1 Å². The van der Waals surface area contributed by atoms with Gasteiger partial charge in [0.2, 0.25) is 5.91 Å². The van der Waals surface area contributed by atoms with E-state index in [-0.39, 0.29) is 12.3 Å². The predicted molar refractivity (Wildman–Crippen MR) is 93.4 cm³/mol.